The first-order valence-corrected chi connectivity index (χ1v) is 11.2. The van der Waals surface area contributed by atoms with Crippen molar-refractivity contribution in [3.8, 4) is 11.5 Å². The van der Waals surface area contributed by atoms with E-state index < -0.39 is 12.0 Å². The minimum Gasteiger partial charge on any atom is -0.493 e. The molecule has 0 spiro atoms. The third-order valence-electron chi connectivity index (χ3n) is 5.49. The van der Waals surface area contributed by atoms with Gasteiger partial charge in [0.2, 0.25) is 5.95 Å². The van der Waals surface area contributed by atoms with Gasteiger partial charge in [-0.2, -0.15) is 10.1 Å². The van der Waals surface area contributed by atoms with E-state index in [0.717, 1.165) is 23.2 Å². The lowest BCUT2D eigenvalue weighted by Gasteiger charge is -2.29. The minimum atomic E-state index is -0.542. The molecule has 0 fully saturated rings. The molecule has 1 aliphatic heterocycles. The zero-order valence-electron chi connectivity index (χ0n) is 19.4. The summed E-state index contributed by atoms with van der Waals surface area (Å²) in [5.41, 5.74) is 2.86. The van der Waals surface area contributed by atoms with Gasteiger partial charge in [0.15, 0.2) is 11.5 Å². The second-order valence-corrected chi connectivity index (χ2v) is 7.74. The Labute approximate surface area is 197 Å². The molecule has 1 aliphatic rings. The number of fused-ring (bicyclic) bond motifs is 1. The second-order valence-electron chi connectivity index (χ2n) is 7.74. The summed E-state index contributed by atoms with van der Waals surface area (Å²) in [6.07, 6.45) is 2.95. The van der Waals surface area contributed by atoms with E-state index in [1.807, 2.05) is 19.1 Å². The van der Waals surface area contributed by atoms with Gasteiger partial charge < -0.3 is 19.5 Å². The van der Waals surface area contributed by atoms with Crippen molar-refractivity contribution in [3.63, 3.8) is 0 Å². The average molecular weight is 467 g/mol. The molecule has 0 amide bonds. The number of methoxy groups -OCH3 is 1. The van der Waals surface area contributed by atoms with E-state index in [2.05, 4.69) is 15.4 Å². The van der Waals surface area contributed by atoms with E-state index >= 15 is 0 Å². The zero-order valence-corrected chi connectivity index (χ0v) is 19.4. The number of anilines is 1. The summed E-state index contributed by atoms with van der Waals surface area (Å²) < 4.78 is 31.8. The third-order valence-corrected chi connectivity index (χ3v) is 5.49. The number of rotatable bonds is 9. The van der Waals surface area contributed by atoms with E-state index in [-0.39, 0.29) is 19.0 Å². The molecule has 1 aromatic heterocycles. The number of aromatic nitrogens is 3. The number of ether oxygens (including phenoxy) is 3. The number of carbonyl (C=O) groups is 1. The van der Waals surface area contributed by atoms with Gasteiger partial charge in [0, 0.05) is 5.70 Å². The summed E-state index contributed by atoms with van der Waals surface area (Å²) in [7, 11) is 1.55. The maximum atomic E-state index is 13.2. The Bertz CT molecular complexity index is 1190. The van der Waals surface area contributed by atoms with Crippen LogP contribution in [0.4, 0.5) is 10.3 Å². The lowest BCUT2D eigenvalue weighted by Crippen LogP contribution is -2.30. The van der Waals surface area contributed by atoms with Crippen molar-refractivity contribution in [1.82, 2.24) is 14.8 Å². The molecule has 0 bridgehead atoms. The number of hydrogen-bond acceptors (Lipinski definition) is 7. The number of carbonyl (C=O) groups excluding carboxylic acids is 1. The average Bonchev–Trinajstić information content (AvgIpc) is 3.31. The van der Waals surface area contributed by atoms with Crippen LogP contribution in [0.15, 0.2) is 60.1 Å². The molecule has 0 radical (unpaired) electrons. The van der Waals surface area contributed by atoms with Crippen LogP contribution in [-0.2, 0) is 16.1 Å². The van der Waals surface area contributed by atoms with Crippen molar-refractivity contribution in [2.75, 3.05) is 19.0 Å². The van der Waals surface area contributed by atoms with Crippen molar-refractivity contribution >= 4 is 11.9 Å². The second kappa shape index (κ2) is 10.4. The summed E-state index contributed by atoms with van der Waals surface area (Å²) in [4.78, 5) is 17.3. The number of nitrogens with zero attached hydrogens (tertiary/aromatic N) is 3. The molecule has 2 heterocycles. The largest absolute Gasteiger partial charge is 0.493 e. The summed E-state index contributed by atoms with van der Waals surface area (Å²) in [5.74, 6) is 0.879. The van der Waals surface area contributed by atoms with E-state index in [4.69, 9.17) is 14.2 Å². The van der Waals surface area contributed by atoms with Gasteiger partial charge in [-0.25, -0.2) is 13.9 Å². The summed E-state index contributed by atoms with van der Waals surface area (Å²) in [6, 6.07) is 11.1. The standard InChI is InChI=1S/C25H27FN4O4/c1-4-6-19-22(24(31)33-5-2)23(30-25(29-19)27-15-28-30)17-9-12-20(21(13-17)32-3)34-14-16-7-10-18(26)11-8-16/h7-13,15,23H,4-6,14H2,1-3H3,(H,27,28,29)/t23-/m0/s1. The highest BCUT2D eigenvalue weighted by Gasteiger charge is 2.35. The molecule has 0 unspecified atom stereocenters. The number of benzene rings is 2. The van der Waals surface area contributed by atoms with Gasteiger partial charge >= 0.3 is 5.97 Å². The molecule has 1 N–H and O–H groups in total. The van der Waals surface area contributed by atoms with Crippen LogP contribution in [0.2, 0.25) is 0 Å². The van der Waals surface area contributed by atoms with Crippen molar-refractivity contribution in [3.05, 3.63) is 77.0 Å². The quantitative estimate of drug-likeness (QED) is 0.460. The molecule has 34 heavy (non-hydrogen) atoms. The SMILES string of the molecule is CCCC1=C(C(=O)OCC)[C@H](c2ccc(OCc3ccc(F)cc3)c(OC)c2)n2ncnc2N1. The number of esters is 1. The van der Waals surface area contributed by atoms with Crippen LogP contribution in [0, 0.1) is 5.82 Å². The fraction of sp³-hybridized carbons (Fsp3) is 0.320. The monoisotopic (exact) mass is 466 g/mol. The molecule has 0 saturated heterocycles. The number of allylic oxidation sites excluding steroid dienone is 1. The Hall–Kier alpha value is -3.88. The van der Waals surface area contributed by atoms with Crippen LogP contribution in [0.1, 0.15) is 43.9 Å². The van der Waals surface area contributed by atoms with Gasteiger partial charge in [-0.3, -0.25) is 0 Å². The fourth-order valence-electron chi connectivity index (χ4n) is 3.93. The molecule has 1 atom stereocenters. The number of hydrogen-bond donors (Lipinski definition) is 1. The van der Waals surface area contributed by atoms with Crippen LogP contribution in [0.3, 0.4) is 0 Å². The Kier molecular flexibility index (Phi) is 7.10. The van der Waals surface area contributed by atoms with Crippen LogP contribution < -0.4 is 14.8 Å². The van der Waals surface area contributed by atoms with E-state index in [0.29, 0.717) is 29.4 Å². The van der Waals surface area contributed by atoms with Crippen molar-refractivity contribution in [2.24, 2.45) is 0 Å². The molecule has 0 aliphatic carbocycles. The zero-order chi connectivity index (χ0) is 24.1. The first-order chi connectivity index (χ1) is 16.5. The van der Waals surface area contributed by atoms with Crippen LogP contribution in [-0.4, -0.2) is 34.5 Å². The highest BCUT2D eigenvalue weighted by Crippen LogP contribution is 2.40. The molecule has 2 aromatic carbocycles. The topological polar surface area (TPSA) is 87.5 Å². The Morgan fingerprint density at radius 1 is 1.15 bits per heavy atom. The first kappa shape index (κ1) is 23.3. The van der Waals surface area contributed by atoms with Gasteiger partial charge in [0.1, 0.15) is 24.8 Å². The normalized spacial score (nSPS) is 14.9. The van der Waals surface area contributed by atoms with E-state index in [9.17, 15) is 9.18 Å². The van der Waals surface area contributed by atoms with Crippen molar-refractivity contribution in [2.45, 2.75) is 39.3 Å². The maximum absolute atomic E-state index is 13.2. The Balaban J connectivity index is 1.70. The van der Waals surface area contributed by atoms with Crippen LogP contribution >= 0.6 is 0 Å². The predicted octanol–water partition coefficient (Wildman–Crippen LogP) is 4.64. The van der Waals surface area contributed by atoms with Gasteiger partial charge in [0.05, 0.1) is 19.3 Å². The Morgan fingerprint density at radius 3 is 2.65 bits per heavy atom. The number of halogens is 1. The van der Waals surface area contributed by atoms with Gasteiger partial charge in [-0.15, -0.1) is 0 Å². The molecule has 3 aromatic rings. The van der Waals surface area contributed by atoms with E-state index in [1.165, 1.54) is 18.5 Å². The smallest absolute Gasteiger partial charge is 0.338 e. The van der Waals surface area contributed by atoms with Gasteiger partial charge in [-0.05, 0) is 48.7 Å². The maximum Gasteiger partial charge on any atom is 0.338 e. The van der Waals surface area contributed by atoms with E-state index in [1.54, 1.807) is 36.9 Å². The highest BCUT2D eigenvalue weighted by molar-refractivity contribution is 5.92. The molecular formula is C25H27FN4O4. The van der Waals surface area contributed by atoms with Gasteiger partial charge in [-0.1, -0.05) is 31.5 Å². The van der Waals surface area contributed by atoms with Crippen LogP contribution in [0.25, 0.3) is 0 Å². The lowest BCUT2D eigenvalue weighted by atomic mass is 9.93. The van der Waals surface area contributed by atoms with Crippen molar-refractivity contribution < 1.29 is 23.4 Å². The molecule has 4 rings (SSSR count). The molecule has 8 nitrogen and oxygen atoms in total. The fourth-order valence-corrected chi connectivity index (χ4v) is 3.93. The summed E-state index contributed by atoms with van der Waals surface area (Å²) >= 11 is 0. The molecular weight excluding hydrogens is 439 g/mol. The Morgan fingerprint density at radius 2 is 1.94 bits per heavy atom. The molecule has 9 heteroatoms. The van der Waals surface area contributed by atoms with Crippen LogP contribution in [0.5, 0.6) is 11.5 Å². The number of nitrogens with one attached hydrogen (secondary N) is 1. The van der Waals surface area contributed by atoms with Crippen molar-refractivity contribution in [1.29, 1.82) is 0 Å². The molecule has 0 saturated carbocycles. The lowest BCUT2D eigenvalue weighted by molar-refractivity contribution is -0.139. The van der Waals surface area contributed by atoms with Gasteiger partial charge in [0.25, 0.3) is 0 Å². The third kappa shape index (κ3) is 4.73. The summed E-state index contributed by atoms with van der Waals surface area (Å²) in [5, 5.41) is 7.60. The first-order valence-electron chi connectivity index (χ1n) is 11.2. The predicted molar refractivity (Wildman–Crippen MR) is 124 cm³/mol. The minimum absolute atomic E-state index is 0.255. The summed E-state index contributed by atoms with van der Waals surface area (Å²) in [6.45, 7) is 4.34. The highest BCUT2D eigenvalue weighted by atomic mass is 19.1. The molecule has 178 valence electrons.